The standard InChI is InChI=1S/C16H15Cl2N7O4/c1-9(24-7-13(25(27)28)15(21-24)29-2)14(26)20-16-19-8-23(22-16)6-10-11(17)4-3-5-12(10)18/h3-5,7-9H,6H2,1-2H3,(H,20,22,26). The molecule has 2 aromatic heterocycles. The lowest BCUT2D eigenvalue weighted by Gasteiger charge is -2.10. The summed E-state index contributed by atoms with van der Waals surface area (Å²) in [5, 5.41) is 22.6. The maximum Gasteiger partial charge on any atom is 0.350 e. The van der Waals surface area contributed by atoms with E-state index in [4.69, 9.17) is 27.9 Å². The summed E-state index contributed by atoms with van der Waals surface area (Å²) < 4.78 is 7.46. The average Bonchev–Trinajstić information content (AvgIpc) is 3.31. The van der Waals surface area contributed by atoms with Gasteiger partial charge in [0.25, 0.3) is 5.91 Å². The van der Waals surface area contributed by atoms with E-state index in [9.17, 15) is 14.9 Å². The first-order valence-corrected chi connectivity index (χ1v) is 8.96. The largest absolute Gasteiger partial charge is 0.475 e. The smallest absolute Gasteiger partial charge is 0.350 e. The Hall–Kier alpha value is -3.18. The van der Waals surface area contributed by atoms with Gasteiger partial charge in [0.15, 0.2) is 0 Å². The molecule has 13 heteroatoms. The Balaban J connectivity index is 1.71. The van der Waals surface area contributed by atoms with Crippen molar-refractivity contribution in [1.29, 1.82) is 0 Å². The van der Waals surface area contributed by atoms with Gasteiger partial charge >= 0.3 is 11.6 Å². The molecule has 1 atom stereocenters. The zero-order chi connectivity index (χ0) is 21.1. The van der Waals surface area contributed by atoms with Gasteiger partial charge in [-0.2, -0.15) is 0 Å². The van der Waals surface area contributed by atoms with Gasteiger partial charge in [0.2, 0.25) is 5.95 Å². The molecule has 0 saturated heterocycles. The minimum Gasteiger partial charge on any atom is -0.475 e. The average molecular weight is 440 g/mol. The van der Waals surface area contributed by atoms with E-state index in [0.29, 0.717) is 15.6 Å². The zero-order valence-electron chi connectivity index (χ0n) is 15.2. The van der Waals surface area contributed by atoms with Gasteiger partial charge < -0.3 is 4.74 Å². The van der Waals surface area contributed by atoms with Crippen molar-refractivity contribution in [3.05, 3.63) is 56.4 Å². The molecular formula is C16H15Cl2N7O4. The highest BCUT2D eigenvalue weighted by atomic mass is 35.5. The third kappa shape index (κ3) is 4.46. The molecule has 0 aliphatic rings. The minimum atomic E-state index is -0.873. The van der Waals surface area contributed by atoms with Gasteiger partial charge in [-0.3, -0.25) is 20.2 Å². The number of benzene rings is 1. The molecule has 2 heterocycles. The zero-order valence-corrected chi connectivity index (χ0v) is 16.8. The number of rotatable bonds is 7. The monoisotopic (exact) mass is 439 g/mol. The van der Waals surface area contributed by atoms with Gasteiger partial charge in [-0.1, -0.05) is 29.3 Å². The van der Waals surface area contributed by atoms with Crippen molar-refractivity contribution in [1.82, 2.24) is 24.5 Å². The van der Waals surface area contributed by atoms with Gasteiger partial charge in [-0.15, -0.1) is 10.2 Å². The summed E-state index contributed by atoms with van der Waals surface area (Å²) in [4.78, 5) is 26.8. The van der Waals surface area contributed by atoms with Crippen LogP contribution in [0.2, 0.25) is 10.0 Å². The molecule has 0 spiro atoms. The molecule has 1 amide bonds. The molecule has 11 nitrogen and oxygen atoms in total. The predicted molar refractivity (Wildman–Crippen MR) is 104 cm³/mol. The molecule has 3 aromatic rings. The number of carbonyl (C=O) groups is 1. The van der Waals surface area contributed by atoms with E-state index >= 15 is 0 Å². The van der Waals surface area contributed by atoms with Crippen molar-refractivity contribution < 1.29 is 14.5 Å². The van der Waals surface area contributed by atoms with E-state index in [2.05, 4.69) is 20.5 Å². The fraction of sp³-hybridized carbons (Fsp3) is 0.250. The number of nitro groups is 1. The SMILES string of the molecule is COc1nn(C(C)C(=O)Nc2ncn(Cc3c(Cl)cccc3Cl)n2)cc1[N+](=O)[O-]. The summed E-state index contributed by atoms with van der Waals surface area (Å²) in [7, 11) is 1.26. The summed E-state index contributed by atoms with van der Waals surface area (Å²) in [5.41, 5.74) is 0.328. The van der Waals surface area contributed by atoms with Crippen LogP contribution >= 0.6 is 23.2 Å². The summed E-state index contributed by atoms with van der Waals surface area (Å²) in [5.74, 6) is -0.647. The second-order valence-corrected chi connectivity index (χ2v) is 6.71. The van der Waals surface area contributed by atoms with Gasteiger partial charge in [-0.25, -0.2) is 14.3 Å². The van der Waals surface area contributed by atoms with Gasteiger partial charge in [-0.05, 0) is 19.1 Å². The first-order chi connectivity index (χ1) is 13.8. The third-order valence-corrected chi connectivity index (χ3v) is 4.71. The number of carbonyl (C=O) groups excluding carboxylic acids is 1. The Kier molecular flexibility index (Phi) is 5.99. The van der Waals surface area contributed by atoms with Crippen LogP contribution in [-0.2, 0) is 11.3 Å². The Bertz CT molecular complexity index is 1050. The highest BCUT2D eigenvalue weighted by Gasteiger charge is 2.25. The van der Waals surface area contributed by atoms with E-state index in [1.54, 1.807) is 18.2 Å². The summed E-state index contributed by atoms with van der Waals surface area (Å²) in [6.07, 6.45) is 2.54. The number of hydrogen-bond acceptors (Lipinski definition) is 7. The van der Waals surface area contributed by atoms with Crippen LogP contribution < -0.4 is 10.1 Å². The maximum atomic E-state index is 12.5. The van der Waals surface area contributed by atoms with Crippen molar-refractivity contribution >= 4 is 40.7 Å². The molecule has 0 aliphatic heterocycles. The topological polar surface area (TPSA) is 130 Å². The Morgan fingerprint density at radius 3 is 2.62 bits per heavy atom. The number of nitrogens with one attached hydrogen (secondary N) is 1. The van der Waals surface area contributed by atoms with Crippen LogP contribution in [0, 0.1) is 10.1 Å². The molecule has 1 N–H and O–H groups in total. The highest BCUT2D eigenvalue weighted by molar-refractivity contribution is 6.35. The maximum absolute atomic E-state index is 12.5. The first kappa shape index (κ1) is 20.6. The highest BCUT2D eigenvalue weighted by Crippen LogP contribution is 2.27. The number of amides is 1. The number of aromatic nitrogens is 5. The number of hydrogen-bond donors (Lipinski definition) is 1. The molecule has 29 heavy (non-hydrogen) atoms. The van der Waals surface area contributed by atoms with Gasteiger partial charge in [0.1, 0.15) is 18.6 Å². The lowest BCUT2D eigenvalue weighted by Crippen LogP contribution is -2.24. The molecule has 0 fully saturated rings. The van der Waals surface area contributed by atoms with E-state index in [-0.39, 0.29) is 24.1 Å². The number of ether oxygens (including phenoxy) is 1. The lowest BCUT2D eigenvalue weighted by atomic mass is 10.2. The van der Waals surface area contributed by atoms with Crippen molar-refractivity contribution in [3.63, 3.8) is 0 Å². The molecule has 3 rings (SSSR count). The molecule has 0 saturated carbocycles. The molecule has 152 valence electrons. The Labute approximate surface area is 174 Å². The lowest BCUT2D eigenvalue weighted by molar-refractivity contribution is -0.385. The summed E-state index contributed by atoms with van der Waals surface area (Å²) in [6.45, 7) is 1.78. The van der Waals surface area contributed by atoms with Crippen LogP contribution in [0.5, 0.6) is 5.88 Å². The molecule has 0 radical (unpaired) electrons. The van der Waals surface area contributed by atoms with Gasteiger partial charge in [0.05, 0.1) is 18.6 Å². The molecule has 0 bridgehead atoms. The van der Waals surface area contributed by atoms with Crippen molar-refractivity contribution in [2.24, 2.45) is 0 Å². The third-order valence-electron chi connectivity index (χ3n) is 4.00. The second kappa shape index (κ2) is 8.45. The van der Waals surface area contributed by atoms with Crippen LogP contribution in [0.3, 0.4) is 0 Å². The Morgan fingerprint density at radius 2 is 2.03 bits per heavy atom. The van der Waals surface area contributed by atoms with Crippen molar-refractivity contribution in [2.75, 3.05) is 12.4 Å². The summed E-state index contributed by atoms with van der Waals surface area (Å²) >= 11 is 12.3. The van der Waals surface area contributed by atoms with Crippen LogP contribution in [0.4, 0.5) is 11.6 Å². The minimum absolute atomic E-state index is 0.0543. The van der Waals surface area contributed by atoms with Crippen LogP contribution in [0.15, 0.2) is 30.7 Å². The van der Waals surface area contributed by atoms with Gasteiger partial charge in [0, 0.05) is 15.6 Å². The van der Waals surface area contributed by atoms with E-state index in [0.717, 1.165) is 10.9 Å². The molecule has 1 unspecified atom stereocenters. The summed E-state index contributed by atoms with van der Waals surface area (Å²) in [6, 6.07) is 4.28. The van der Waals surface area contributed by atoms with E-state index in [1.807, 2.05) is 0 Å². The predicted octanol–water partition coefficient (Wildman–Crippen LogP) is 2.95. The number of anilines is 1. The number of nitrogens with zero attached hydrogens (tertiary/aromatic N) is 6. The molecule has 1 aromatic carbocycles. The number of halogens is 2. The van der Waals surface area contributed by atoms with Crippen LogP contribution in [0.1, 0.15) is 18.5 Å². The van der Waals surface area contributed by atoms with Crippen molar-refractivity contribution in [2.45, 2.75) is 19.5 Å². The van der Waals surface area contributed by atoms with Crippen LogP contribution in [0.25, 0.3) is 0 Å². The first-order valence-electron chi connectivity index (χ1n) is 8.21. The quantitative estimate of drug-likeness (QED) is 0.442. The Morgan fingerprint density at radius 1 is 1.34 bits per heavy atom. The van der Waals surface area contributed by atoms with Crippen molar-refractivity contribution in [3.8, 4) is 5.88 Å². The van der Waals surface area contributed by atoms with E-state index in [1.165, 1.54) is 25.0 Å². The number of methoxy groups -OCH3 is 1. The fourth-order valence-corrected chi connectivity index (χ4v) is 2.96. The van der Waals surface area contributed by atoms with Crippen LogP contribution in [-0.4, -0.2) is 42.5 Å². The van der Waals surface area contributed by atoms with E-state index < -0.39 is 16.9 Å². The molecule has 0 aliphatic carbocycles. The fourth-order valence-electron chi connectivity index (χ4n) is 2.44. The normalized spacial score (nSPS) is 11.9. The second-order valence-electron chi connectivity index (χ2n) is 5.89. The molecular weight excluding hydrogens is 425 g/mol.